The van der Waals surface area contributed by atoms with Crippen molar-refractivity contribution in [1.29, 1.82) is 0 Å². The fraction of sp³-hybridized carbons (Fsp3) is 0.636. The maximum atomic E-state index is 13.4. The standard InChI is InChI=1S/C22H24F3N5O/c23-22(24,25)14-5-11(7-27-20(14)26)16-6-17(30(28-16)12-3-1-2-4-12)21-15-8-29(13-9-31-10-13)19(21)18(15)21/h5-7,12-13,15,18-19H,1-4,8-10H2,(H2,26,27)/t15-,18-,19?,21-/m0/s1. The van der Waals surface area contributed by atoms with E-state index in [4.69, 9.17) is 15.6 Å². The number of ether oxygens (including phenoxy) is 1. The van der Waals surface area contributed by atoms with Crippen molar-refractivity contribution in [2.45, 2.75) is 55.4 Å². The summed E-state index contributed by atoms with van der Waals surface area (Å²) in [4.78, 5) is 6.44. The number of pyridine rings is 1. The van der Waals surface area contributed by atoms with Gasteiger partial charge in [-0.2, -0.15) is 18.3 Å². The van der Waals surface area contributed by atoms with Crippen molar-refractivity contribution in [2.24, 2.45) is 11.8 Å². The Kier molecular flexibility index (Phi) is 3.45. The highest BCUT2D eigenvalue weighted by molar-refractivity contribution is 5.66. The minimum atomic E-state index is -4.54. The third-order valence-electron chi connectivity index (χ3n) is 8.43. The molecule has 0 radical (unpaired) electrons. The number of piperidine rings is 1. The molecule has 3 saturated carbocycles. The molecule has 2 aromatic rings. The number of rotatable bonds is 4. The molecule has 1 unspecified atom stereocenters. The van der Waals surface area contributed by atoms with E-state index in [0.717, 1.165) is 38.7 Å². The lowest BCUT2D eigenvalue weighted by Gasteiger charge is -2.34. The molecule has 3 saturated heterocycles. The quantitative estimate of drug-likeness (QED) is 0.805. The average Bonchev–Trinajstić information content (AvgIpc) is 3.19. The number of hydrogen-bond acceptors (Lipinski definition) is 5. The Bertz CT molecular complexity index is 1070. The number of halogens is 3. The Labute approximate surface area is 177 Å². The van der Waals surface area contributed by atoms with Gasteiger partial charge in [0.2, 0.25) is 0 Å². The minimum Gasteiger partial charge on any atom is -0.383 e. The lowest BCUT2D eigenvalue weighted by atomic mass is 10.0. The summed E-state index contributed by atoms with van der Waals surface area (Å²) in [5.41, 5.74) is 6.94. The van der Waals surface area contributed by atoms with Gasteiger partial charge in [0.15, 0.2) is 0 Å². The van der Waals surface area contributed by atoms with Crippen LogP contribution < -0.4 is 5.73 Å². The average molecular weight is 431 g/mol. The first kappa shape index (κ1) is 18.4. The lowest BCUT2D eigenvalue weighted by Crippen LogP contribution is -2.48. The first-order chi connectivity index (χ1) is 14.9. The van der Waals surface area contributed by atoms with E-state index in [0.29, 0.717) is 41.2 Å². The molecule has 3 aliphatic heterocycles. The van der Waals surface area contributed by atoms with Crippen LogP contribution in [0.2, 0.25) is 0 Å². The van der Waals surface area contributed by atoms with Crippen LogP contribution in [0.1, 0.15) is 43.0 Å². The van der Waals surface area contributed by atoms with Crippen molar-refractivity contribution in [2.75, 3.05) is 25.5 Å². The Hall–Kier alpha value is -2.13. The molecule has 2 N–H and O–H groups in total. The molecule has 31 heavy (non-hydrogen) atoms. The highest BCUT2D eigenvalue weighted by Gasteiger charge is 2.94. The van der Waals surface area contributed by atoms with E-state index in [1.807, 2.05) is 6.07 Å². The van der Waals surface area contributed by atoms with Crippen LogP contribution in [-0.2, 0) is 16.3 Å². The zero-order valence-electron chi connectivity index (χ0n) is 17.0. The van der Waals surface area contributed by atoms with Crippen molar-refractivity contribution < 1.29 is 17.9 Å². The van der Waals surface area contributed by atoms with E-state index in [1.165, 1.54) is 24.7 Å². The van der Waals surface area contributed by atoms with E-state index in [1.54, 1.807) is 0 Å². The summed E-state index contributed by atoms with van der Waals surface area (Å²) in [7, 11) is 0. The van der Waals surface area contributed by atoms with Crippen LogP contribution in [0, 0.1) is 11.8 Å². The number of anilines is 1. The van der Waals surface area contributed by atoms with Crippen LogP contribution in [0.3, 0.4) is 0 Å². The number of nitrogens with zero attached hydrogens (tertiary/aromatic N) is 4. The normalized spacial score (nSPS) is 34.7. The fourth-order valence-corrected chi connectivity index (χ4v) is 6.77. The zero-order valence-corrected chi connectivity index (χ0v) is 17.0. The van der Waals surface area contributed by atoms with Crippen LogP contribution in [0.25, 0.3) is 11.3 Å². The number of nitrogen functional groups attached to an aromatic ring is 1. The summed E-state index contributed by atoms with van der Waals surface area (Å²) in [6.45, 7) is 2.74. The summed E-state index contributed by atoms with van der Waals surface area (Å²) < 4.78 is 47.7. The molecule has 9 heteroatoms. The van der Waals surface area contributed by atoms with Crippen LogP contribution in [0.15, 0.2) is 18.3 Å². The molecule has 6 fully saturated rings. The Balaban J connectivity index is 1.29. The van der Waals surface area contributed by atoms with Gasteiger partial charge in [0.1, 0.15) is 5.82 Å². The van der Waals surface area contributed by atoms with Gasteiger partial charge in [0.25, 0.3) is 0 Å². The van der Waals surface area contributed by atoms with Crippen molar-refractivity contribution in [3.05, 3.63) is 29.6 Å². The third kappa shape index (κ3) is 2.31. The van der Waals surface area contributed by atoms with E-state index in [2.05, 4.69) is 14.6 Å². The Morgan fingerprint density at radius 3 is 2.55 bits per heavy atom. The predicted molar refractivity (Wildman–Crippen MR) is 106 cm³/mol. The van der Waals surface area contributed by atoms with Gasteiger partial charge in [-0.25, -0.2) is 4.98 Å². The summed E-state index contributed by atoms with van der Waals surface area (Å²) in [6.07, 6.45) is 1.39. The summed E-state index contributed by atoms with van der Waals surface area (Å²) in [6, 6.07) is 4.55. The second-order valence-corrected chi connectivity index (χ2v) is 9.85. The third-order valence-corrected chi connectivity index (χ3v) is 8.43. The smallest absolute Gasteiger partial charge is 0.383 e. The van der Waals surface area contributed by atoms with Crippen LogP contribution in [-0.4, -0.2) is 51.5 Å². The van der Waals surface area contributed by atoms with Gasteiger partial charge in [0.05, 0.1) is 36.6 Å². The minimum absolute atomic E-state index is 0.150. The van der Waals surface area contributed by atoms with Gasteiger partial charge >= 0.3 is 6.18 Å². The SMILES string of the molecule is Nc1ncc(-c2cc([C@]34C5[C@@H]3[C@@H]4CN5C3COC3)n(C3CCCC3)n2)cc1C(F)(F)F. The Morgan fingerprint density at radius 2 is 1.90 bits per heavy atom. The zero-order chi connectivity index (χ0) is 21.1. The second-order valence-electron chi connectivity index (χ2n) is 9.85. The van der Waals surface area contributed by atoms with Crippen molar-refractivity contribution in [3.8, 4) is 11.3 Å². The molecule has 2 bridgehead atoms. The molecule has 4 atom stereocenters. The molecule has 8 rings (SSSR count). The van der Waals surface area contributed by atoms with Gasteiger partial charge in [-0.05, 0) is 36.8 Å². The molecule has 0 aromatic carbocycles. The van der Waals surface area contributed by atoms with Crippen molar-refractivity contribution in [1.82, 2.24) is 19.7 Å². The van der Waals surface area contributed by atoms with Gasteiger partial charge in [-0.3, -0.25) is 9.58 Å². The molecule has 164 valence electrons. The van der Waals surface area contributed by atoms with E-state index in [-0.39, 0.29) is 5.41 Å². The number of aromatic nitrogens is 3. The molecule has 3 aliphatic carbocycles. The second kappa shape index (κ2) is 5.81. The topological polar surface area (TPSA) is 69.2 Å². The van der Waals surface area contributed by atoms with Gasteiger partial charge in [-0.15, -0.1) is 0 Å². The van der Waals surface area contributed by atoms with Crippen molar-refractivity contribution >= 4 is 5.82 Å². The summed E-state index contributed by atoms with van der Waals surface area (Å²) in [5.74, 6) is 0.831. The first-order valence-electron chi connectivity index (χ1n) is 11.2. The largest absolute Gasteiger partial charge is 0.419 e. The fourth-order valence-electron chi connectivity index (χ4n) is 6.77. The highest BCUT2D eigenvalue weighted by atomic mass is 19.4. The molecule has 5 heterocycles. The van der Waals surface area contributed by atoms with Gasteiger partial charge in [0, 0.05) is 35.5 Å². The van der Waals surface area contributed by atoms with Crippen LogP contribution in [0.5, 0.6) is 0 Å². The lowest BCUT2D eigenvalue weighted by molar-refractivity contribution is -0.137. The predicted octanol–water partition coefficient (Wildman–Crippen LogP) is 3.24. The summed E-state index contributed by atoms with van der Waals surface area (Å²) in [5, 5.41) is 4.87. The first-order valence-corrected chi connectivity index (χ1v) is 11.2. The van der Waals surface area contributed by atoms with Crippen LogP contribution >= 0.6 is 0 Å². The van der Waals surface area contributed by atoms with E-state index in [9.17, 15) is 13.2 Å². The number of fused-ring (bicyclic) bond motifs is 1. The van der Waals surface area contributed by atoms with Gasteiger partial charge < -0.3 is 10.5 Å². The molecule has 6 nitrogen and oxygen atoms in total. The number of hydrogen-bond donors (Lipinski definition) is 1. The monoisotopic (exact) mass is 431 g/mol. The number of alkyl halides is 3. The maximum absolute atomic E-state index is 13.4. The summed E-state index contributed by atoms with van der Waals surface area (Å²) >= 11 is 0. The molecular weight excluding hydrogens is 407 g/mol. The van der Waals surface area contributed by atoms with Gasteiger partial charge in [-0.1, -0.05) is 12.8 Å². The molecule has 0 amide bonds. The molecule has 0 spiro atoms. The molecule has 6 aliphatic rings. The highest BCUT2D eigenvalue weighted by Crippen LogP contribution is 2.86. The molecule has 2 aromatic heterocycles. The van der Waals surface area contributed by atoms with E-state index < -0.39 is 17.6 Å². The Morgan fingerprint density at radius 1 is 1.13 bits per heavy atom. The maximum Gasteiger partial charge on any atom is 0.419 e. The molecular formula is C22H24F3N5O. The van der Waals surface area contributed by atoms with E-state index >= 15 is 0 Å². The van der Waals surface area contributed by atoms with Crippen molar-refractivity contribution in [3.63, 3.8) is 0 Å². The van der Waals surface area contributed by atoms with Crippen LogP contribution in [0.4, 0.5) is 19.0 Å². The number of nitrogens with two attached hydrogens (primary N) is 1.